The molecule has 0 saturated carbocycles. The molecule has 2 rings (SSSR count). The lowest BCUT2D eigenvalue weighted by Crippen LogP contribution is -2.29. The Bertz CT molecular complexity index is 363. The number of rotatable bonds is 3. The molecule has 0 fully saturated rings. The zero-order valence-electron chi connectivity index (χ0n) is 10.9. The minimum atomic E-state index is 0.577. The first kappa shape index (κ1) is 11.6. The number of nitrogens with zero attached hydrogens (tertiary/aromatic N) is 2. The smallest absolute Gasteiger partial charge is 0.123 e. The molecule has 1 N–H and O–H groups in total. The lowest BCUT2D eigenvalue weighted by molar-refractivity contribution is 0.487. The lowest BCUT2D eigenvalue weighted by Gasteiger charge is -2.19. The fourth-order valence-corrected chi connectivity index (χ4v) is 2.53. The Labute approximate surface area is 98.3 Å². The highest BCUT2D eigenvalue weighted by Gasteiger charge is 2.21. The van der Waals surface area contributed by atoms with Gasteiger partial charge in [-0.15, -0.1) is 0 Å². The van der Waals surface area contributed by atoms with Crippen LogP contribution in [0.5, 0.6) is 0 Å². The Balaban J connectivity index is 2.39. The maximum absolute atomic E-state index is 4.81. The molecule has 0 saturated heterocycles. The first-order chi connectivity index (χ1) is 7.59. The molecular formula is C13H23N3. The monoisotopic (exact) mass is 221 g/mol. The molecular weight excluding hydrogens is 198 g/mol. The van der Waals surface area contributed by atoms with E-state index in [1.807, 2.05) is 0 Å². The van der Waals surface area contributed by atoms with Crippen LogP contribution >= 0.6 is 0 Å². The fourth-order valence-electron chi connectivity index (χ4n) is 2.53. The van der Waals surface area contributed by atoms with Crippen LogP contribution in [-0.2, 0) is 19.5 Å². The maximum Gasteiger partial charge on any atom is 0.123 e. The maximum atomic E-state index is 4.81. The van der Waals surface area contributed by atoms with Crippen molar-refractivity contribution in [3.63, 3.8) is 0 Å². The van der Waals surface area contributed by atoms with Crippen molar-refractivity contribution >= 4 is 0 Å². The molecule has 2 heterocycles. The first-order valence-corrected chi connectivity index (χ1v) is 6.38. The summed E-state index contributed by atoms with van der Waals surface area (Å²) in [7, 11) is 0. The molecule has 3 nitrogen and oxygen atoms in total. The van der Waals surface area contributed by atoms with Gasteiger partial charge in [-0.3, -0.25) is 0 Å². The second-order valence-electron chi connectivity index (χ2n) is 5.44. The van der Waals surface area contributed by atoms with E-state index in [9.17, 15) is 0 Å². The second-order valence-corrected chi connectivity index (χ2v) is 5.44. The predicted molar refractivity (Wildman–Crippen MR) is 66.6 cm³/mol. The molecule has 0 radical (unpaired) electrons. The van der Waals surface area contributed by atoms with Crippen molar-refractivity contribution < 1.29 is 0 Å². The second kappa shape index (κ2) is 4.58. The third-order valence-corrected chi connectivity index (χ3v) is 3.11. The zero-order valence-corrected chi connectivity index (χ0v) is 10.9. The molecule has 1 aliphatic rings. The number of aromatic nitrogens is 2. The van der Waals surface area contributed by atoms with E-state index >= 15 is 0 Å². The third-order valence-electron chi connectivity index (χ3n) is 3.11. The van der Waals surface area contributed by atoms with Gasteiger partial charge in [0, 0.05) is 18.8 Å². The average molecular weight is 221 g/mol. The first-order valence-electron chi connectivity index (χ1n) is 6.38. The molecule has 1 aliphatic heterocycles. The standard InChI is InChI=1S/C13H23N3/c1-9(2)7-11-13(10(3)4)16-6-5-14-8-12(16)15-11/h9-10,14H,5-8H2,1-4H3. The average Bonchev–Trinajstić information content (AvgIpc) is 2.53. The van der Waals surface area contributed by atoms with Gasteiger partial charge < -0.3 is 9.88 Å². The summed E-state index contributed by atoms with van der Waals surface area (Å²) >= 11 is 0. The molecule has 1 aromatic heterocycles. The van der Waals surface area contributed by atoms with Crippen molar-refractivity contribution in [1.82, 2.24) is 14.9 Å². The van der Waals surface area contributed by atoms with Crippen LogP contribution in [0.4, 0.5) is 0 Å². The molecule has 0 spiro atoms. The van der Waals surface area contributed by atoms with Crippen LogP contribution in [0.25, 0.3) is 0 Å². The molecule has 0 unspecified atom stereocenters. The fraction of sp³-hybridized carbons (Fsp3) is 0.769. The summed E-state index contributed by atoms with van der Waals surface area (Å²) in [6.45, 7) is 12.2. The highest BCUT2D eigenvalue weighted by atomic mass is 15.2. The van der Waals surface area contributed by atoms with Crippen LogP contribution in [0, 0.1) is 5.92 Å². The van der Waals surface area contributed by atoms with Gasteiger partial charge >= 0.3 is 0 Å². The van der Waals surface area contributed by atoms with Gasteiger partial charge in [-0.1, -0.05) is 27.7 Å². The molecule has 90 valence electrons. The minimum absolute atomic E-state index is 0.577. The van der Waals surface area contributed by atoms with Gasteiger partial charge in [0.05, 0.1) is 12.2 Å². The van der Waals surface area contributed by atoms with Gasteiger partial charge in [0.25, 0.3) is 0 Å². The quantitative estimate of drug-likeness (QED) is 0.849. The molecule has 3 heteroatoms. The van der Waals surface area contributed by atoms with Crippen molar-refractivity contribution in [3.05, 3.63) is 17.2 Å². The van der Waals surface area contributed by atoms with E-state index < -0.39 is 0 Å². The van der Waals surface area contributed by atoms with E-state index in [4.69, 9.17) is 4.98 Å². The summed E-state index contributed by atoms with van der Waals surface area (Å²) in [5, 5.41) is 3.39. The van der Waals surface area contributed by atoms with Crippen molar-refractivity contribution in [2.24, 2.45) is 5.92 Å². The van der Waals surface area contributed by atoms with Crippen LogP contribution in [-0.4, -0.2) is 16.1 Å². The van der Waals surface area contributed by atoms with E-state index in [1.54, 1.807) is 0 Å². The van der Waals surface area contributed by atoms with Crippen LogP contribution in [0.3, 0.4) is 0 Å². The highest BCUT2D eigenvalue weighted by molar-refractivity contribution is 5.22. The lowest BCUT2D eigenvalue weighted by atomic mass is 10.0. The van der Waals surface area contributed by atoms with Crippen molar-refractivity contribution in [3.8, 4) is 0 Å². The minimum Gasteiger partial charge on any atom is -0.329 e. The normalized spacial score (nSPS) is 15.9. The summed E-state index contributed by atoms with van der Waals surface area (Å²) in [5.41, 5.74) is 2.79. The molecule has 0 aliphatic carbocycles. The van der Waals surface area contributed by atoms with Crippen LogP contribution in [0.15, 0.2) is 0 Å². The van der Waals surface area contributed by atoms with E-state index in [0.29, 0.717) is 11.8 Å². The van der Waals surface area contributed by atoms with Crippen molar-refractivity contribution in [1.29, 1.82) is 0 Å². The summed E-state index contributed by atoms with van der Waals surface area (Å²) in [4.78, 5) is 4.81. The Morgan fingerprint density at radius 1 is 1.31 bits per heavy atom. The van der Waals surface area contributed by atoms with Gasteiger partial charge in [0.1, 0.15) is 5.82 Å². The SMILES string of the molecule is CC(C)Cc1nc2n(c1C(C)C)CCNC2. The van der Waals surface area contributed by atoms with Gasteiger partial charge in [0.15, 0.2) is 0 Å². The molecule has 0 aromatic carbocycles. The summed E-state index contributed by atoms with van der Waals surface area (Å²) in [5.74, 6) is 2.49. The molecule has 16 heavy (non-hydrogen) atoms. The molecule has 0 bridgehead atoms. The van der Waals surface area contributed by atoms with Gasteiger partial charge in [-0.05, 0) is 18.3 Å². The van der Waals surface area contributed by atoms with Crippen molar-refractivity contribution in [2.75, 3.05) is 6.54 Å². The molecule has 1 aromatic rings. The Hall–Kier alpha value is -0.830. The summed E-state index contributed by atoms with van der Waals surface area (Å²) < 4.78 is 2.43. The highest BCUT2D eigenvalue weighted by Crippen LogP contribution is 2.24. The van der Waals surface area contributed by atoms with Gasteiger partial charge in [-0.25, -0.2) is 4.98 Å². The molecule has 0 amide bonds. The Morgan fingerprint density at radius 3 is 2.69 bits per heavy atom. The zero-order chi connectivity index (χ0) is 11.7. The van der Waals surface area contributed by atoms with Crippen LogP contribution in [0.2, 0.25) is 0 Å². The van der Waals surface area contributed by atoms with Crippen LogP contribution < -0.4 is 5.32 Å². The topological polar surface area (TPSA) is 29.9 Å². The van der Waals surface area contributed by atoms with Gasteiger partial charge in [0.2, 0.25) is 0 Å². The Kier molecular flexibility index (Phi) is 3.33. The summed E-state index contributed by atoms with van der Waals surface area (Å²) in [6.07, 6.45) is 1.10. The van der Waals surface area contributed by atoms with E-state index in [1.165, 1.54) is 17.2 Å². The molecule has 0 atom stereocenters. The number of hydrogen-bond donors (Lipinski definition) is 1. The van der Waals surface area contributed by atoms with Crippen LogP contribution in [0.1, 0.15) is 50.8 Å². The number of fused-ring (bicyclic) bond motifs is 1. The van der Waals surface area contributed by atoms with Gasteiger partial charge in [-0.2, -0.15) is 0 Å². The largest absolute Gasteiger partial charge is 0.329 e. The Morgan fingerprint density at radius 2 is 2.06 bits per heavy atom. The third kappa shape index (κ3) is 2.14. The van der Waals surface area contributed by atoms with E-state index in [0.717, 1.165) is 26.1 Å². The summed E-state index contributed by atoms with van der Waals surface area (Å²) in [6, 6.07) is 0. The van der Waals surface area contributed by atoms with E-state index in [-0.39, 0.29) is 0 Å². The number of hydrogen-bond acceptors (Lipinski definition) is 2. The van der Waals surface area contributed by atoms with Crippen molar-refractivity contribution in [2.45, 2.75) is 53.1 Å². The van der Waals surface area contributed by atoms with E-state index in [2.05, 4.69) is 37.6 Å². The predicted octanol–water partition coefficient (Wildman–Crippen LogP) is 2.31. The number of imidazole rings is 1. The number of nitrogens with one attached hydrogen (secondary N) is 1.